The Morgan fingerprint density at radius 1 is 1.14 bits per heavy atom. The highest BCUT2D eigenvalue weighted by atomic mass is 16.5. The molecule has 0 heterocycles. The van der Waals surface area contributed by atoms with Crippen molar-refractivity contribution in [3.63, 3.8) is 0 Å². The molecular formula is C12H22O2. The van der Waals surface area contributed by atoms with Gasteiger partial charge in [0, 0.05) is 13.5 Å². The van der Waals surface area contributed by atoms with E-state index in [4.69, 9.17) is 4.74 Å². The Kier molecular flexibility index (Phi) is 3.13. The lowest BCUT2D eigenvalue weighted by atomic mass is 9.74. The van der Waals surface area contributed by atoms with E-state index in [1.807, 2.05) is 0 Å². The Bertz CT molecular complexity index is 187. The van der Waals surface area contributed by atoms with E-state index in [0.29, 0.717) is 12.0 Å². The number of methoxy groups -OCH3 is 1. The van der Waals surface area contributed by atoms with Crippen LogP contribution in [0.25, 0.3) is 0 Å². The number of hydrogen-bond donors (Lipinski definition) is 1. The molecule has 2 aliphatic carbocycles. The lowest BCUT2D eigenvalue weighted by molar-refractivity contribution is -0.0927. The fourth-order valence-electron chi connectivity index (χ4n) is 3.27. The van der Waals surface area contributed by atoms with E-state index in [0.717, 1.165) is 25.7 Å². The Labute approximate surface area is 86.6 Å². The van der Waals surface area contributed by atoms with Gasteiger partial charge < -0.3 is 9.84 Å². The van der Waals surface area contributed by atoms with Crippen LogP contribution in [0.2, 0.25) is 0 Å². The number of hydrogen-bond acceptors (Lipinski definition) is 2. The smallest absolute Gasteiger partial charge is 0.0700 e. The summed E-state index contributed by atoms with van der Waals surface area (Å²) in [5, 5.41) is 10.6. The molecule has 2 atom stereocenters. The monoisotopic (exact) mass is 198 g/mol. The third-order valence-electron chi connectivity index (χ3n) is 4.17. The van der Waals surface area contributed by atoms with Crippen LogP contribution >= 0.6 is 0 Å². The largest absolute Gasteiger partial charge is 0.390 e. The van der Waals surface area contributed by atoms with Crippen molar-refractivity contribution >= 4 is 0 Å². The van der Waals surface area contributed by atoms with Gasteiger partial charge in [0.25, 0.3) is 0 Å². The van der Waals surface area contributed by atoms with Gasteiger partial charge in [0.05, 0.1) is 11.7 Å². The Morgan fingerprint density at radius 2 is 1.86 bits per heavy atom. The highest BCUT2D eigenvalue weighted by Gasteiger charge is 2.41. The zero-order chi connectivity index (χ0) is 10.0. The summed E-state index contributed by atoms with van der Waals surface area (Å²) in [6, 6.07) is 0. The van der Waals surface area contributed by atoms with Gasteiger partial charge in [0.2, 0.25) is 0 Å². The lowest BCUT2D eigenvalue weighted by Crippen LogP contribution is -2.43. The first-order chi connectivity index (χ1) is 6.74. The maximum atomic E-state index is 10.6. The number of ether oxygens (including phenoxy) is 1. The van der Waals surface area contributed by atoms with Crippen molar-refractivity contribution in [2.24, 2.45) is 5.92 Å². The molecule has 2 fully saturated rings. The summed E-state index contributed by atoms with van der Waals surface area (Å²) in [6.45, 7) is 0. The standard InChI is InChI=1S/C12H22O2/c1-14-11-7-4-8-12(13,9-11)10-5-2-3-6-10/h10-11,13H,2-9H2,1H3. The topological polar surface area (TPSA) is 29.5 Å². The molecule has 0 aliphatic heterocycles. The summed E-state index contributed by atoms with van der Waals surface area (Å²) in [6.07, 6.45) is 9.51. The van der Waals surface area contributed by atoms with E-state index < -0.39 is 5.60 Å². The highest BCUT2D eigenvalue weighted by Crippen LogP contribution is 2.42. The van der Waals surface area contributed by atoms with Crippen LogP contribution in [-0.4, -0.2) is 23.9 Å². The molecule has 2 saturated carbocycles. The first-order valence-corrected chi connectivity index (χ1v) is 6.00. The van der Waals surface area contributed by atoms with Gasteiger partial charge in [-0.15, -0.1) is 0 Å². The molecule has 2 unspecified atom stereocenters. The molecule has 0 bridgehead atoms. The minimum absolute atomic E-state index is 0.300. The van der Waals surface area contributed by atoms with Crippen molar-refractivity contribution in [2.45, 2.75) is 63.1 Å². The van der Waals surface area contributed by atoms with E-state index in [2.05, 4.69) is 0 Å². The molecule has 0 aromatic carbocycles. The van der Waals surface area contributed by atoms with Gasteiger partial charge in [-0.2, -0.15) is 0 Å². The summed E-state index contributed by atoms with van der Waals surface area (Å²) in [5.41, 5.74) is -0.393. The van der Waals surface area contributed by atoms with Gasteiger partial charge in [-0.05, 0) is 38.0 Å². The van der Waals surface area contributed by atoms with Crippen LogP contribution in [0.1, 0.15) is 51.4 Å². The first-order valence-electron chi connectivity index (χ1n) is 6.00. The van der Waals surface area contributed by atoms with Crippen LogP contribution < -0.4 is 0 Å². The van der Waals surface area contributed by atoms with Crippen LogP contribution in [0.5, 0.6) is 0 Å². The number of aliphatic hydroxyl groups is 1. The Hall–Kier alpha value is -0.0800. The summed E-state index contributed by atoms with van der Waals surface area (Å²) in [7, 11) is 1.77. The third kappa shape index (κ3) is 1.96. The molecule has 1 N–H and O–H groups in total. The Balaban J connectivity index is 1.98. The molecule has 2 aliphatic rings. The summed E-state index contributed by atoms with van der Waals surface area (Å²) >= 11 is 0. The predicted molar refractivity (Wildman–Crippen MR) is 56.2 cm³/mol. The molecule has 2 rings (SSSR count). The van der Waals surface area contributed by atoms with Crippen LogP contribution in [0, 0.1) is 5.92 Å². The normalized spacial score (nSPS) is 40.3. The van der Waals surface area contributed by atoms with Gasteiger partial charge >= 0.3 is 0 Å². The molecule has 0 aromatic heterocycles. The second-order valence-electron chi connectivity index (χ2n) is 5.04. The maximum Gasteiger partial charge on any atom is 0.0700 e. The fourth-order valence-corrected chi connectivity index (χ4v) is 3.27. The zero-order valence-electron chi connectivity index (χ0n) is 9.17. The molecule has 0 spiro atoms. The molecule has 0 amide bonds. The highest BCUT2D eigenvalue weighted by molar-refractivity contribution is 4.94. The molecule has 82 valence electrons. The van der Waals surface area contributed by atoms with Crippen molar-refractivity contribution in [3.8, 4) is 0 Å². The van der Waals surface area contributed by atoms with Crippen LogP contribution in [-0.2, 0) is 4.74 Å². The molecular weight excluding hydrogens is 176 g/mol. The van der Waals surface area contributed by atoms with Gasteiger partial charge in [0.15, 0.2) is 0 Å². The Morgan fingerprint density at radius 3 is 2.50 bits per heavy atom. The molecule has 0 radical (unpaired) electrons. The van der Waals surface area contributed by atoms with Crippen molar-refractivity contribution in [1.82, 2.24) is 0 Å². The quantitative estimate of drug-likeness (QED) is 0.738. The fraction of sp³-hybridized carbons (Fsp3) is 1.00. The predicted octanol–water partition coefficient (Wildman–Crippen LogP) is 2.50. The van der Waals surface area contributed by atoms with E-state index in [1.165, 1.54) is 25.7 Å². The van der Waals surface area contributed by atoms with Gasteiger partial charge in [-0.1, -0.05) is 12.8 Å². The molecule has 14 heavy (non-hydrogen) atoms. The second-order valence-corrected chi connectivity index (χ2v) is 5.04. The zero-order valence-corrected chi connectivity index (χ0v) is 9.17. The summed E-state index contributed by atoms with van der Waals surface area (Å²) in [5.74, 6) is 0.556. The first kappa shape index (κ1) is 10.4. The average Bonchev–Trinajstić information content (AvgIpc) is 2.71. The lowest BCUT2D eigenvalue weighted by Gasteiger charge is -2.40. The average molecular weight is 198 g/mol. The summed E-state index contributed by atoms with van der Waals surface area (Å²) < 4.78 is 5.39. The van der Waals surface area contributed by atoms with Crippen LogP contribution in [0.3, 0.4) is 0 Å². The minimum Gasteiger partial charge on any atom is -0.390 e. The minimum atomic E-state index is -0.393. The van der Waals surface area contributed by atoms with Crippen molar-refractivity contribution < 1.29 is 9.84 Å². The van der Waals surface area contributed by atoms with E-state index >= 15 is 0 Å². The molecule has 2 heteroatoms. The molecule has 0 saturated heterocycles. The van der Waals surface area contributed by atoms with Crippen LogP contribution in [0.4, 0.5) is 0 Å². The van der Waals surface area contributed by atoms with Crippen molar-refractivity contribution in [1.29, 1.82) is 0 Å². The van der Waals surface area contributed by atoms with Gasteiger partial charge in [0.1, 0.15) is 0 Å². The number of rotatable bonds is 2. The van der Waals surface area contributed by atoms with Crippen molar-refractivity contribution in [3.05, 3.63) is 0 Å². The van der Waals surface area contributed by atoms with E-state index in [-0.39, 0.29) is 0 Å². The van der Waals surface area contributed by atoms with Gasteiger partial charge in [-0.25, -0.2) is 0 Å². The van der Waals surface area contributed by atoms with Crippen LogP contribution in [0.15, 0.2) is 0 Å². The molecule has 0 aromatic rings. The molecule has 2 nitrogen and oxygen atoms in total. The summed E-state index contributed by atoms with van der Waals surface area (Å²) in [4.78, 5) is 0. The third-order valence-corrected chi connectivity index (χ3v) is 4.17. The second kappa shape index (κ2) is 4.19. The van der Waals surface area contributed by atoms with E-state index in [1.54, 1.807) is 7.11 Å². The maximum absolute atomic E-state index is 10.6. The van der Waals surface area contributed by atoms with Gasteiger partial charge in [-0.3, -0.25) is 0 Å². The van der Waals surface area contributed by atoms with Crippen molar-refractivity contribution in [2.75, 3.05) is 7.11 Å². The SMILES string of the molecule is COC1CCCC(O)(C2CCCC2)C1. The van der Waals surface area contributed by atoms with E-state index in [9.17, 15) is 5.11 Å².